The van der Waals surface area contributed by atoms with Gasteiger partial charge in [-0.25, -0.2) is 14.8 Å². The smallest absolute Gasteiger partial charge is 0.354 e. The van der Waals surface area contributed by atoms with E-state index in [9.17, 15) is 9.90 Å². The van der Waals surface area contributed by atoms with Gasteiger partial charge in [-0.3, -0.25) is 0 Å². The summed E-state index contributed by atoms with van der Waals surface area (Å²) in [5.74, 6) is -0.904. The Bertz CT molecular complexity index is 572. The number of anilines is 1. The highest BCUT2D eigenvalue weighted by Gasteiger charge is 2.11. The molecule has 0 aliphatic carbocycles. The quantitative estimate of drug-likeness (QED) is 0.771. The van der Waals surface area contributed by atoms with Crippen molar-refractivity contribution in [3.8, 4) is 0 Å². The highest BCUT2D eigenvalue weighted by Crippen LogP contribution is 2.16. The fraction of sp³-hybridized carbons (Fsp3) is 0.250. The normalized spacial score (nSPS) is 12.1. The molecule has 0 aromatic carbocycles. The Balaban J connectivity index is 2.05. The maximum Gasteiger partial charge on any atom is 0.354 e. The van der Waals surface area contributed by atoms with Gasteiger partial charge in [-0.2, -0.15) is 11.3 Å². The molecule has 1 atom stereocenters. The molecule has 0 saturated carbocycles. The molecule has 2 heterocycles. The highest BCUT2D eigenvalue weighted by molar-refractivity contribution is 7.07. The van der Waals surface area contributed by atoms with Gasteiger partial charge in [0, 0.05) is 12.2 Å². The van der Waals surface area contributed by atoms with Crippen LogP contribution < -0.4 is 5.32 Å². The summed E-state index contributed by atoms with van der Waals surface area (Å²) in [6, 6.07) is 3.22. The van der Waals surface area contributed by atoms with E-state index in [1.54, 1.807) is 6.92 Å². The van der Waals surface area contributed by atoms with Crippen LogP contribution >= 0.6 is 11.3 Å². The fourth-order valence-electron chi connectivity index (χ4n) is 1.53. The summed E-state index contributed by atoms with van der Waals surface area (Å²) in [7, 11) is 0. The van der Waals surface area contributed by atoms with Crippen molar-refractivity contribution in [1.82, 2.24) is 9.97 Å². The number of aliphatic hydroxyl groups excluding tert-OH is 1. The van der Waals surface area contributed by atoms with Crippen LogP contribution in [0.3, 0.4) is 0 Å². The zero-order chi connectivity index (χ0) is 13.8. The van der Waals surface area contributed by atoms with Gasteiger partial charge in [0.15, 0.2) is 5.69 Å². The molecule has 6 nitrogen and oxygen atoms in total. The van der Waals surface area contributed by atoms with Gasteiger partial charge in [0.25, 0.3) is 0 Å². The number of thiophene rings is 1. The molecule has 0 saturated heterocycles. The van der Waals surface area contributed by atoms with E-state index in [2.05, 4.69) is 15.3 Å². The van der Waals surface area contributed by atoms with Crippen molar-refractivity contribution in [1.29, 1.82) is 0 Å². The Hall–Kier alpha value is -1.99. The number of aliphatic hydroxyl groups is 1. The standard InChI is InChI=1S/C12H13N3O3S/c1-7-4-9(11(17)18)15-12(14-7)13-5-10(16)8-2-3-19-6-8/h2-4,6,10,16H,5H2,1H3,(H,17,18)(H,13,14,15). The second-order valence-electron chi connectivity index (χ2n) is 3.98. The van der Waals surface area contributed by atoms with Gasteiger partial charge in [-0.1, -0.05) is 0 Å². The largest absolute Gasteiger partial charge is 0.477 e. The predicted octanol–water partition coefficient (Wildman–Crippen LogP) is 1.69. The SMILES string of the molecule is Cc1cc(C(=O)O)nc(NCC(O)c2ccsc2)n1. The molecule has 0 aliphatic rings. The number of hydrogen-bond acceptors (Lipinski definition) is 6. The van der Waals surface area contributed by atoms with Crippen molar-refractivity contribution >= 4 is 23.3 Å². The maximum absolute atomic E-state index is 10.9. The minimum atomic E-state index is -1.10. The Morgan fingerprint density at radius 3 is 2.95 bits per heavy atom. The number of aryl methyl sites for hydroxylation is 1. The van der Waals surface area contributed by atoms with Crippen LogP contribution in [0.1, 0.15) is 27.8 Å². The lowest BCUT2D eigenvalue weighted by atomic mass is 10.2. The van der Waals surface area contributed by atoms with Crippen LogP contribution in [0.2, 0.25) is 0 Å². The third kappa shape index (κ3) is 3.49. The second kappa shape index (κ2) is 5.77. The van der Waals surface area contributed by atoms with Crippen LogP contribution in [-0.2, 0) is 0 Å². The number of carboxylic acid groups (broad SMARTS) is 1. The van der Waals surface area contributed by atoms with Gasteiger partial charge in [0.2, 0.25) is 5.95 Å². The van der Waals surface area contributed by atoms with Crippen molar-refractivity contribution in [3.05, 3.63) is 39.8 Å². The number of hydrogen-bond donors (Lipinski definition) is 3. The van der Waals surface area contributed by atoms with E-state index in [0.29, 0.717) is 5.69 Å². The van der Waals surface area contributed by atoms with Crippen LogP contribution in [0.5, 0.6) is 0 Å². The van der Waals surface area contributed by atoms with Crippen molar-refractivity contribution in [2.75, 3.05) is 11.9 Å². The summed E-state index contributed by atoms with van der Waals surface area (Å²) in [5.41, 5.74) is 1.29. The summed E-state index contributed by atoms with van der Waals surface area (Å²) < 4.78 is 0. The molecule has 2 aromatic rings. The molecule has 19 heavy (non-hydrogen) atoms. The van der Waals surface area contributed by atoms with E-state index in [1.807, 2.05) is 16.8 Å². The molecule has 2 rings (SSSR count). The topological polar surface area (TPSA) is 95.3 Å². The molecule has 100 valence electrons. The van der Waals surface area contributed by atoms with Gasteiger partial charge < -0.3 is 15.5 Å². The zero-order valence-corrected chi connectivity index (χ0v) is 11.0. The molecular formula is C12H13N3O3S. The van der Waals surface area contributed by atoms with Gasteiger partial charge in [0.1, 0.15) is 0 Å². The first-order chi connectivity index (χ1) is 9.06. The Morgan fingerprint density at radius 2 is 2.32 bits per heavy atom. The molecule has 0 aliphatic heterocycles. The van der Waals surface area contributed by atoms with E-state index in [-0.39, 0.29) is 18.2 Å². The van der Waals surface area contributed by atoms with Crippen LogP contribution in [0, 0.1) is 6.92 Å². The predicted molar refractivity (Wildman–Crippen MR) is 71.5 cm³/mol. The number of aromatic nitrogens is 2. The molecule has 3 N–H and O–H groups in total. The van der Waals surface area contributed by atoms with Gasteiger partial charge >= 0.3 is 5.97 Å². The Kier molecular flexibility index (Phi) is 4.08. The minimum absolute atomic E-state index is 0.0694. The number of nitrogens with zero attached hydrogens (tertiary/aromatic N) is 2. The lowest BCUT2D eigenvalue weighted by molar-refractivity contribution is 0.0690. The first-order valence-electron chi connectivity index (χ1n) is 5.59. The van der Waals surface area contributed by atoms with Crippen LogP contribution in [-0.4, -0.2) is 32.7 Å². The van der Waals surface area contributed by atoms with Crippen molar-refractivity contribution < 1.29 is 15.0 Å². The fourth-order valence-corrected chi connectivity index (χ4v) is 2.23. The van der Waals surface area contributed by atoms with E-state index < -0.39 is 12.1 Å². The monoisotopic (exact) mass is 279 g/mol. The summed E-state index contributed by atoms with van der Waals surface area (Å²) in [4.78, 5) is 18.8. The van der Waals surface area contributed by atoms with E-state index in [0.717, 1.165) is 5.56 Å². The number of aromatic carboxylic acids is 1. The molecule has 0 radical (unpaired) electrons. The number of carboxylic acids is 1. The number of nitrogens with one attached hydrogen (secondary N) is 1. The third-order valence-corrected chi connectivity index (χ3v) is 3.16. The lowest BCUT2D eigenvalue weighted by Crippen LogP contribution is -2.15. The van der Waals surface area contributed by atoms with Gasteiger partial charge in [0.05, 0.1) is 6.10 Å². The molecule has 1 unspecified atom stereocenters. The number of carbonyl (C=O) groups is 1. The molecule has 0 fully saturated rings. The minimum Gasteiger partial charge on any atom is -0.477 e. The highest BCUT2D eigenvalue weighted by atomic mass is 32.1. The first kappa shape index (κ1) is 13.4. The molecule has 0 amide bonds. The number of rotatable bonds is 5. The molecular weight excluding hydrogens is 266 g/mol. The zero-order valence-electron chi connectivity index (χ0n) is 10.2. The molecule has 0 bridgehead atoms. The second-order valence-corrected chi connectivity index (χ2v) is 4.76. The van der Waals surface area contributed by atoms with Crippen LogP contribution in [0.15, 0.2) is 22.9 Å². The molecule has 0 spiro atoms. The van der Waals surface area contributed by atoms with Gasteiger partial charge in [-0.05, 0) is 35.4 Å². The summed E-state index contributed by atoms with van der Waals surface area (Å²) in [6.45, 7) is 1.91. The first-order valence-corrected chi connectivity index (χ1v) is 6.53. The van der Waals surface area contributed by atoms with Crippen molar-refractivity contribution in [2.24, 2.45) is 0 Å². The summed E-state index contributed by atoms with van der Waals surface area (Å²) >= 11 is 1.50. The van der Waals surface area contributed by atoms with Gasteiger partial charge in [-0.15, -0.1) is 0 Å². The molecule has 7 heteroatoms. The van der Waals surface area contributed by atoms with E-state index >= 15 is 0 Å². The summed E-state index contributed by atoms with van der Waals surface area (Å²) in [5, 5.41) is 25.4. The van der Waals surface area contributed by atoms with E-state index in [1.165, 1.54) is 17.4 Å². The lowest BCUT2D eigenvalue weighted by Gasteiger charge is -2.11. The maximum atomic E-state index is 10.9. The average molecular weight is 279 g/mol. The molecule has 2 aromatic heterocycles. The Morgan fingerprint density at radius 1 is 1.53 bits per heavy atom. The van der Waals surface area contributed by atoms with E-state index in [4.69, 9.17) is 5.11 Å². The van der Waals surface area contributed by atoms with Crippen LogP contribution in [0.4, 0.5) is 5.95 Å². The Labute approximate surface area is 113 Å². The van der Waals surface area contributed by atoms with Crippen LogP contribution in [0.25, 0.3) is 0 Å². The van der Waals surface area contributed by atoms with Crippen molar-refractivity contribution in [2.45, 2.75) is 13.0 Å². The van der Waals surface area contributed by atoms with Crippen molar-refractivity contribution in [3.63, 3.8) is 0 Å². The third-order valence-electron chi connectivity index (χ3n) is 2.45. The average Bonchev–Trinajstić information content (AvgIpc) is 2.89. The summed E-state index contributed by atoms with van der Waals surface area (Å²) in [6.07, 6.45) is -0.677.